The third-order valence-corrected chi connectivity index (χ3v) is 5.69. The van der Waals surface area contributed by atoms with E-state index in [1.54, 1.807) is 19.2 Å². The Bertz CT molecular complexity index is 723. The van der Waals surface area contributed by atoms with Gasteiger partial charge in [0.1, 0.15) is 5.82 Å². The molecule has 1 aromatic carbocycles. The molecule has 0 spiro atoms. The van der Waals surface area contributed by atoms with Crippen molar-refractivity contribution in [2.24, 2.45) is 5.92 Å². The highest BCUT2D eigenvalue weighted by atomic mass is 35.5. The van der Waals surface area contributed by atoms with Gasteiger partial charge in [-0.25, -0.2) is 4.39 Å². The Balaban J connectivity index is 1.62. The lowest BCUT2D eigenvalue weighted by atomic mass is 9.95. The summed E-state index contributed by atoms with van der Waals surface area (Å²) in [5.74, 6) is 0.298. The van der Waals surface area contributed by atoms with Crippen LogP contribution in [0, 0.1) is 11.7 Å². The molecule has 0 bridgehead atoms. The normalized spacial score (nSPS) is 16.0. The molecule has 0 radical (unpaired) electrons. The van der Waals surface area contributed by atoms with E-state index in [0.29, 0.717) is 12.5 Å². The summed E-state index contributed by atoms with van der Waals surface area (Å²) in [7, 11) is 1.75. The van der Waals surface area contributed by atoms with Crippen molar-refractivity contribution in [3.05, 3.63) is 64.7 Å². The Hall–Kier alpha value is -1.53. The number of hydrogen-bond acceptors (Lipinski definition) is 4. The minimum absolute atomic E-state index is 0.174. The SMILES string of the molecule is COCCN1CCC(CN(Cc2ccncc2)Cc2ccc(Cl)c(F)c2)CC1. The van der Waals surface area contributed by atoms with Gasteiger partial charge in [-0.05, 0) is 67.2 Å². The van der Waals surface area contributed by atoms with Crippen LogP contribution in [0.5, 0.6) is 0 Å². The minimum atomic E-state index is -0.352. The highest BCUT2D eigenvalue weighted by molar-refractivity contribution is 6.30. The van der Waals surface area contributed by atoms with Crippen molar-refractivity contribution in [3.63, 3.8) is 0 Å². The van der Waals surface area contributed by atoms with Crippen LogP contribution in [0.25, 0.3) is 0 Å². The highest BCUT2D eigenvalue weighted by Gasteiger charge is 2.21. The molecule has 4 nitrogen and oxygen atoms in total. The molecule has 0 saturated carbocycles. The smallest absolute Gasteiger partial charge is 0.142 e. The van der Waals surface area contributed by atoms with Gasteiger partial charge in [-0.15, -0.1) is 0 Å². The molecule has 2 aromatic rings. The fourth-order valence-electron chi connectivity index (χ4n) is 3.81. The standard InChI is InChI=1S/C22H29ClFN3O/c1-28-13-12-26-10-6-19(7-11-26)16-27(15-18-4-8-25-9-5-18)17-20-2-3-21(23)22(24)14-20/h2-5,8-9,14,19H,6-7,10-13,15-17H2,1H3. The van der Waals surface area contributed by atoms with Crippen molar-refractivity contribution in [1.29, 1.82) is 0 Å². The number of pyridine rings is 1. The topological polar surface area (TPSA) is 28.6 Å². The van der Waals surface area contributed by atoms with Gasteiger partial charge in [0.2, 0.25) is 0 Å². The number of rotatable bonds is 9. The van der Waals surface area contributed by atoms with E-state index in [1.807, 2.05) is 30.6 Å². The maximum atomic E-state index is 13.9. The molecule has 0 aliphatic carbocycles. The Kier molecular flexibility index (Phi) is 8.22. The molecule has 152 valence electrons. The Morgan fingerprint density at radius 1 is 1.14 bits per heavy atom. The van der Waals surface area contributed by atoms with Crippen LogP contribution in [0.3, 0.4) is 0 Å². The molecule has 2 heterocycles. The third kappa shape index (κ3) is 6.52. The maximum Gasteiger partial charge on any atom is 0.142 e. The van der Waals surface area contributed by atoms with E-state index >= 15 is 0 Å². The monoisotopic (exact) mass is 405 g/mol. The van der Waals surface area contributed by atoms with Crippen LogP contribution in [0.2, 0.25) is 5.02 Å². The fraction of sp³-hybridized carbons (Fsp3) is 0.500. The fourth-order valence-corrected chi connectivity index (χ4v) is 3.92. The molecule has 1 aliphatic heterocycles. The number of methoxy groups -OCH3 is 1. The highest BCUT2D eigenvalue weighted by Crippen LogP contribution is 2.22. The van der Waals surface area contributed by atoms with Gasteiger partial charge in [0.05, 0.1) is 11.6 Å². The summed E-state index contributed by atoms with van der Waals surface area (Å²) in [6.07, 6.45) is 6.02. The van der Waals surface area contributed by atoms with Crippen LogP contribution in [0.15, 0.2) is 42.7 Å². The summed E-state index contributed by atoms with van der Waals surface area (Å²) >= 11 is 5.84. The van der Waals surface area contributed by atoms with E-state index in [-0.39, 0.29) is 10.8 Å². The Morgan fingerprint density at radius 2 is 1.86 bits per heavy atom. The summed E-state index contributed by atoms with van der Waals surface area (Å²) in [5, 5.41) is 0.174. The molecule has 0 N–H and O–H groups in total. The molecular formula is C22H29ClFN3O. The second kappa shape index (κ2) is 10.9. The van der Waals surface area contributed by atoms with Gasteiger partial charge in [-0.1, -0.05) is 17.7 Å². The molecule has 28 heavy (non-hydrogen) atoms. The molecule has 0 amide bonds. The molecule has 6 heteroatoms. The average molecular weight is 406 g/mol. The predicted molar refractivity (Wildman–Crippen MR) is 111 cm³/mol. The van der Waals surface area contributed by atoms with Crippen molar-refractivity contribution in [3.8, 4) is 0 Å². The largest absolute Gasteiger partial charge is 0.383 e. The van der Waals surface area contributed by atoms with Crippen LogP contribution in [-0.2, 0) is 17.8 Å². The van der Waals surface area contributed by atoms with Crippen LogP contribution in [0.4, 0.5) is 4.39 Å². The number of aromatic nitrogens is 1. The van der Waals surface area contributed by atoms with Gasteiger partial charge < -0.3 is 9.64 Å². The van der Waals surface area contributed by atoms with Crippen molar-refractivity contribution in [2.45, 2.75) is 25.9 Å². The van der Waals surface area contributed by atoms with Gasteiger partial charge in [0, 0.05) is 45.7 Å². The number of benzene rings is 1. The van der Waals surface area contributed by atoms with E-state index in [2.05, 4.69) is 14.8 Å². The first kappa shape index (κ1) is 21.2. The quantitative estimate of drug-likeness (QED) is 0.624. The van der Waals surface area contributed by atoms with Crippen molar-refractivity contribution in [1.82, 2.24) is 14.8 Å². The van der Waals surface area contributed by atoms with E-state index in [4.69, 9.17) is 16.3 Å². The average Bonchev–Trinajstić information content (AvgIpc) is 2.71. The van der Waals surface area contributed by atoms with Gasteiger partial charge in [0.25, 0.3) is 0 Å². The molecule has 3 rings (SSSR count). The van der Waals surface area contributed by atoms with E-state index in [1.165, 1.54) is 18.4 Å². The molecule has 0 atom stereocenters. The second-order valence-corrected chi connectivity index (χ2v) is 7.96. The lowest BCUT2D eigenvalue weighted by Crippen LogP contribution is -2.39. The number of halogens is 2. The first-order chi connectivity index (χ1) is 13.6. The molecule has 1 aliphatic rings. The summed E-state index contributed by atoms with van der Waals surface area (Å²) < 4.78 is 19.1. The van der Waals surface area contributed by atoms with Crippen LogP contribution in [0.1, 0.15) is 24.0 Å². The molecule has 1 fully saturated rings. The van der Waals surface area contributed by atoms with Crippen molar-refractivity contribution < 1.29 is 9.13 Å². The van der Waals surface area contributed by atoms with E-state index < -0.39 is 0 Å². The predicted octanol–water partition coefficient (Wildman–Crippen LogP) is 4.23. The molecule has 1 saturated heterocycles. The Labute approximate surface area is 172 Å². The van der Waals surface area contributed by atoms with E-state index in [0.717, 1.165) is 44.9 Å². The third-order valence-electron chi connectivity index (χ3n) is 5.38. The van der Waals surface area contributed by atoms with Crippen molar-refractivity contribution in [2.75, 3.05) is 39.9 Å². The summed E-state index contributed by atoms with van der Waals surface area (Å²) in [6, 6.07) is 9.20. The zero-order chi connectivity index (χ0) is 19.8. The summed E-state index contributed by atoms with van der Waals surface area (Å²) in [5.41, 5.74) is 2.18. The van der Waals surface area contributed by atoms with Gasteiger partial charge in [-0.2, -0.15) is 0 Å². The van der Waals surface area contributed by atoms with Crippen LogP contribution in [-0.4, -0.2) is 54.7 Å². The lowest BCUT2D eigenvalue weighted by molar-refractivity contribution is 0.104. The Morgan fingerprint density at radius 3 is 2.54 bits per heavy atom. The van der Waals surface area contributed by atoms with E-state index in [9.17, 15) is 4.39 Å². The number of piperidine rings is 1. The number of nitrogens with zero attached hydrogens (tertiary/aromatic N) is 3. The molecule has 0 unspecified atom stereocenters. The summed E-state index contributed by atoms with van der Waals surface area (Å²) in [4.78, 5) is 8.99. The first-order valence-corrected chi connectivity index (χ1v) is 10.3. The van der Waals surface area contributed by atoms with Crippen LogP contribution >= 0.6 is 11.6 Å². The zero-order valence-electron chi connectivity index (χ0n) is 16.5. The number of likely N-dealkylation sites (tertiary alicyclic amines) is 1. The zero-order valence-corrected chi connectivity index (χ0v) is 17.2. The molecule has 1 aromatic heterocycles. The first-order valence-electron chi connectivity index (χ1n) is 9.90. The van der Waals surface area contributed by atoms with Gasteiger partial charge in [0.15, 0.2) is 0 Å². The van der Waals surface area contributed by atoms with Gasteiger partial charge in [-0.3, -0.25) is 9.88 Å². The van der Waals surface area contributed by atoms with Crippen LogP contribution < -0.4 is 0 Å². The number of hydrogen-bond donors (Lipinski definition) is 0. The summed E-state index contributed by atoms with van der Waals surface area (Å²) in [6.45, 7) is 6.58. The second-order valence-electron chi connectivity index (χ2n) is 7.55. The maximum absolute atomic E-state index is 13.9. The number of ether oxygens (including phenoxy) is 1. The molecular weight excluding hydrogens is 377 g/mol. The van der Waals surface area contributed by atoms with Crippen molar-refractivity contribution >= 4 is 11.6 Å². The minimum Gasteiger partial charge on any atom is -0.383 e. The lowest BCUT2D eigenvalue weighted by Gasteiger charge is -2.35. The van der Waals surface area contributed by atoms with Gasteiger partial charge >= 0.3 is 0 Å².